The van der Waals surface area contributed by atoms with Crippen molar-refractivity contribution in [3.8, 4) is 5.75 Å². The van der Waals surface area contributed by atoms with Gasteiger partial charge in [-0.25, -0.2) is 0 Å². The first-order valence-corrected chi connectivity index (χ1v) is 12.4. The summed E-state index contributed by atoms with van der Waals surface area (Å²) in [5.74, 6) is -0.247. The number of carbonyl (C=O) groups is 3. The topological polar surface area (TPSA) is 88.2 Å². The maximum absolute atomic E-state index is 13.0. The number of nitrogens with one attached hydrogen (secondary N) is 1. The lowest BCUT2D eigenvalue weighted by Gasteiger charge is -2.31. The van der Waals surface area contributed by atoms with Gasteiger partial charge >= 0.3 is 0 Å². The van der Waals surface area contributed by atoms with Gasteiger partial charge in [-0.1, -0.05) is 17.5 Å². The zero-order valence-electron chi connectivity index (χ0n) is 20.1. The smallest absolute Gasteiger partial charge is 0.255 e. The second-order valence-corrected chi connectivity index (χ2v) is 9.64. The maximum Gasteiger partial charge on any atom is 0.255 e. The Balaban J connectivity index is 1.22. The number of hydrogen-bond donors (Lipinski definition) is 1. The molecule has 3 heterocycles. The fourth-order valence-corrected chi connectivity index (χ4v) is 5.26. The number of fused-ring (bicyclic) bond motifs is 1. The standard InChI is InChI=1S/C27H31N3O5/c1-34-20-11-13-29(14-12-20)15-18-5-7-19(8-6-18)17-35-24-4-2-3-21-22(24)16-30(27(21)33)23-9-10-25(31)28-26(23)32/h2-4,20,23H,5,7,9-17H2,1H3,(H,28,31,32). The predicted octanol–water partition coefficient (Wildman–Crippen LogP) is 2.34. The Kier molecular flexibility index (Phi) is 6.89. The minimum absolute atomic E-state index is 0.196. The minimum Gasteiger partial charge on any atom is -0.488 e. The van der Waals surface area contributed by atoms with Crippen LogP contribution in [0.3, 0.4) is 0 Å². The van der Waals surface area contributed by atoms with Gasteiger partial charge in [0.15, 0.2) is 0 Å². The number of piperidine rings is 2. The van der Waals surface area contributed by atoms with E-state index in [1.54, 1.807) is 24.1 Å². The number of carbonyl (C=O) groups excluding carboxylic acids is 3. The Labute approximate surface area is 205 Å². The van der Waals surface area contributed by atoms with E-state index in [4.69, 9.17) is 9.47 Å². The van der Waals surface area contributed by atoms with E-state index < -0.39 is 11.9 Å². The summed E-state index contributed by atoms with van der Waals surface area (Å²) in [5, 5.41) is 2.34. The Morgan fingerprint density at radius 1 is 1.03 bits per heavy atom. The molecular formula is C27H31N3O5. The van der Waals surface area contributed by atoms with Crippen LogP contribution in [0.25, 0.3) is 0 Å². The number of nitrogens with zero attached hydrogens (tertiary/aromatic N) is 2. The van der Waals surface area contributed by atoms with Gasteiger partial charge in [-0.2, -0.15) is 0 Å². The van der Waals surface area contributed by atoms with Gasteiger partial charge in [0.2, 0.25) is 11.8 Å². The van der Waals surface area contributed by atoms with Crippen LogP contribution in [0.4, 0.5) is 0 Å². The van der Waals surface area contributed by atoms with E-state index in [0.717, 1.165) is 56.5 Å². The van der Waals surface area contributed by atoms with Crippen molar-refractivity contribution in [1.82, 2.24) is 15.1 Å². The van der Waals surface area contributed by atoms with Gasteiger partial charge in [-0.05, 0) is 49.8 Å². The molecule has 0 bridgehead atoms. The zero-order valence-corrected chi connectivity index (χ0v) is 20.1. The molecule has 8 heteroatoms. The van der Waals surface area contributed by atoms with E-state index >= 15 is 0 Å². The summed E-state index contributed by atoms with van der Waals surface area (Å²) < 4.78 is 11.6. The van der Waals surface area contributed by atoms with Gasteiger partial charge in [0.25, 0.3) is 5.91 Å². The highest BCUT2D eigenvalue weighted by atomic mass is 16.5. The molecule has 184 valence electrons. The van der Waals surface area contributed by atoms with Crippen molar-refractivity contribution >= 4 is 17.7 Å². The van der Waals surface area contributed by atoms with E-state index in [2.05, 4.69) is 21.7 Å². The van der Waals surface area contributed by atoms with E-state index in [-0.39, 0.29) is 18.2 Å². The molecule has 8 nitrogen and oxygen atoms in total. The predicted molar refractivity (Wildman–Crippen MR) is 128 cm³/mol. The normalized spacial score (nSPS) is 23.2. The molecule has 1 unspecified atom stereocenters. The number of ether oxygens (including phenoxy) is 2. The lowest BCUT2D eigenvalue weighted by Crippen LogP contribution is -2.52. The average molecular weight is 478 g/mol. The Bertz CT molecular complexity index is 1140. The molecule has 2 fully saturated rings. The SMILES string of the molecule is COC1CCN(CC2=C=C=C(COc3cccc4c3CN(C3CCC(=O)NC3=O)C4=O)CC2)CC1. The van der Waals surface area contributed by atoms with Crippen LogP contribution in [0.1, 0.15) is 54.4 Å². The molecule has 2 saturated heterocycles. The Hall–Kier alpha value is -3.15. The largest absolute Gasteiger partial charge is 0.488 e. The van der Waals surface area contributed by atoms with Crippen LogP contribution in [0.5, 0.6) is 5.75 Å². The molecular weight excluding hydrogens is 446 g/mol. The fraction of sp³-hybridized carbons (Fsp3) is 0.519. The number of likely N-dealkylation sites (tertiary alicyclic amines) is 1. The number of methoxy groups -OCH3 is 1. The van der Waals surface area contributed by atoms with Crippen LogP contribution in [0.15, 0.2) is 40.8 Å². The second kappa shape index (κ2) is 10.2. The van der Waals surface area contributed by atoms with Gasteiger partial charge in [0.05, 0.1) is 12.6 Å². The number of imide groups is 1. The monoisotopic (exact) mass is 477 g/mol. The van der Waals surface area contributed by atoms with Gasteiger partial charge in [0, 0.05) is 49.9 Å². The molecule has 1 aromatic rings. The third-order valence-electron chi connectivity index (χ3n) is 7.37. The summed E-state index contributed by atoms with van der Waals surface area (Å²) >= 11 is 0. The molecule has 1 aromatic carbocycles. The van der Waals surface area contributed by atoms with Gasteiger partial charge in [-0.15, -0.1) is 0 Å². The van der Waals surface area contributed by atoms with Crippen LogP contribution in [0.2, 0.25) is 0 Å². The number of benzene rings is 1. The fourth-order valence-electron chi connectivity index (χ4n) is 5.26. The third kappa shape index (κ3) is 5.12. The summed E-state index contributed by atoms with van der Waals surface area (Å²) in [6.45, 7) is 3.73. The zero-order chi connectivity index (χ0) is 24.4. The second-order valence-electron chi connectivity index (χ2n) is 9.64. The molecule has 1 N–H and O–H groups in total. The summed E-state index contributed by atoms with van der Waals surface area (Å²) in [6, 6.07) is 4.79. The van der Waals surface area contributed by atoms with Gasteiger partial charge < -0.3 is 14.4 Å². The molecule has 0 spiro atoms. The molecule has 0 radical (unpaired) electrons. The van der Waals surface area contributed by atoms with Crippen LogP contribution < -0.4 is 10.1 Å². The van der Waals surface area contributed by atoms with Crippen molar-refractivity contribution in [2.24, 2.45) is 0 Å². The van der Waals surface area contributed by atoms with Crippen molar-refractivity contribution in [3.63, 3.8) is 0 Å². The van der Waals surface area contributed by atoms with Crippen LogP contribution >= 0.6 is 0 Å². The molecule has 5 rings (SSSR count). The lowest BCUT2D eigenvalue weighted by atomic mass is 10.0. The minimum atomic E-state index is -0.631. The first-order chi connectivity index (χ1) is 17.0. The first kappa shape index (κ1) is 23.6. The van der Waals surface area contributed by atoms with Gasteiger partial charge in [0.1, 0.15) is 18.4 Å². The third-order valence-corrected chi connectivity index (χ3v) is 7.37. The van der Waals surface area contributed by atoms with Crippen molar-refractivity contribution in [1.29, 1.82) is 0 Å². The maximum atomic E-state index is 13.0. The quantitative estimate of drug-likeness (QED) is 0.479. The van der Waals surface area contributed by atoms with E-state index in [9.17, 15) is 14.4 Å². The Morgan fingerprint density at radius 2 is 1.80 bits per heavy atom. The molecule has 0 aromatic heterocycles. The highest BCUT2D eigenvalue weighted by molar-refractivity contribution is 6.05. The van der Waals surface area contributed by atoms with Crippen molar-refractivity contribution in [2.75, 3.05) is 33.4 Å². The van der Waals surface area contributed by atoms with Crippen LogP contribution in [-0.2, 0) is 20.9 Å². The summed E-state index contributed by atoms with van der Waals surface area (Å²) in [4.78, 5) is 40.8. The molecule has 3 aliphatic heterocycles. The highest BCUT2D eigenvalue weighted by Gasteiger charge is 2.40. The van der Waals surface area contributed by atoms with E-state index in [1.807, 2.05) is 6.07 Å². The number of amides is 3. The summed E-state index contributed by atoms with van der Waals surface area (Å²) in [7, 11) is 1.79. The number of rotatable bonds is 7. The van der Waals surface area contributed by atoms with Gasteiger partial charge in [-0.3, -0.25) is 24.6 Å². The van der Waals surface area contributed by atoms with Crippen LogP contribution in [0, 0.1) is 0 Å². The summed E-state index contributed by atoms with van der Waals surface area (Å²) in [5.41, 5.74) is 10.3. The molecule has 1 atom stereocenters. The summed E-state index contributed by atoms with van der Waals surface area (Å²) in [6.07, 6.45) is 4.95. The van der Waals surface area contributed by atoms with E-state index in [1.165, 1.54) is 5.57 Å². The van der Waals surface area contributed by atoms with Crippen LogP contribution in [-0.4, -0.2) is 73.0 Å². The Morgan fingerprint density at radius 3 is 2.51 bits per heavy atom. The molecule has 3 amide bonds. The molecule has 4 aliphatic rings. The average Bonchev–Trinajstić information content (AvgIpc) is 3.21. The van der Waals surface area contributed by atoms with Crippen molar-refractivity contribution in [2.45, 2.75) is 57.2 Å². The molecule has 35 heavy (non-hydrogen) atoms. The number of hydrogen-bond acceptors (Lipinski definition) is 6. The molecule has 0 saturated carbocycles. The lowest BCUT2D eigenvalue weighted by molar-refractivity contribution is -0.136. The van der Waals surface area contributed by atoms with E-state index in [0.29, 0.717) is 37.0 Å². The van der Waals surface area contributed by atoms with Crippen molar-refractivity contribution < 1.29 is 23.9 Å². The van der Waals surface area contributed by atoms with Crippen molar-refractivity contribution in [3.05, 3.63) is 51.9 Å². The highest BCUT2D eigenvalue weighted by Crippen LogP contribution is 2.34. The molecule has 1 aliphatic carbocycles. The first-order valence-electron chi connectivity index (χ1n) is 12.4.